The number of nitrogens with zero attached hydrogens (tertiary/aromatic N) is 1. The van der Waals surface area contributed by atoms with E-state index in [4.69, 9.17) is 4.74 Å². The number of amides is 2. The summed E-state index contributed by atoms with van der Waals surface area (Å²) in [5.41, 5.74) is 1.84. The molecule has 1 N–H and O–H groups in total. The summed E-state index contributed by atoms with van der Waals surface area (Å²) in [7, 11) is 1.56. The Kier molecular flexibility index (Phi) is 7.85. The maximum atomic E-state index is 12.9. The molecule has 2 amide bonds. The number of anilines is 1. The molecule has 5 nitrogen and oxygen atoms in total. The van der Waals surface area contributed by atoms with Gasteiger partial charge in [0, 0.05) is 11.4 Å². The zero-order valence-electron chi connectivity index (χ0n) is 16.5. The van der Waals surface area contributed by atoms with E-state index in [-0.39, 0.29) is 18.4 Å². The van der Waals surface area contributed by atoms with E-state index in [1.165, 1.54) is 10.4 Å². The second kappa shape index (κ2) is 10.1. The van der Waals surface area contributed by atoms with Crippen LogP contribution in [0.4, 0.5) is 5.69 Å². The maximum absolute atomic E-state index is 12.9. The Balaban J connectivity index is 2.09. The molecule has 2 aromatic rings. The van der Waals surface area contributed by atoms with Gasteiger partial charge in [-0.05, 0) is 43.5 Å². The predicted molar refractivity (Wildman–Crippen MR) is 111 cm³/mol. The van der Waals surface area contributed by atoms with E-state index >= 15 is 0 Å². The van der Waals surface area contributed by atoms with Crippen LogP contribution in [-0.4, -0.2) is 36.9 Å². The molecular formula is C21H28N2O3S. The van der Waals surface area contributed by atoms with Crippen LogP contribution in [0.5, 0.6) is 5.75 Å². The van der Waals surface area contributed by atoms with Crippen LogP contribution in [0.1, 0.15) is 47.3 Å². The quantitative estimate of drug-likeness (QED) is 0.694. The minimum Gasteiger partial charge on any atom is -0.495 e. The van der Waals surface area contributed by atoms with Crippen LogP contribution < -0.4 is 10.1 Å². The minimum atomic E-state index is -0.240. The SMILES string of the molecule is CCCc1sc(C(=O)N(CC)CC(=O)Nc2ccccc2OC)cc1CC. The number of carbonyl (C=O) groups is 2. The van der Waals surface area contributed by atoms with E-state index in [1.807, 2.05) is 25.1 Å². The molecule has 0 saturated heterocycles. The molecule has 0 aliphatic carbocycles. The van der Waals surface area contributed by atoms with Crippen molar-refractivity contribution in [2.24, 2.45) is 0 Å². The van der Waals surface area contributed by atoms with E-state index in [2.05, 4.69) is 19.2 Å². The Hall–Kier alpha value is -2.34. The summed E-state index contributed by atoms with van der Waals surface area (Å²) < 4.78 is 5.25. The Labute approximate surface area is 165 Å². The Morgan fingerprint density at radius 2 is 1.93 bits per heavy atom. The van der Waals surface area contributed by atoms with Crippen molar-refractivity contribution >= 4 is 28.8 Å². The van der Waals surface area contributed by atoms with Gasteiger partial charge in [0.15, 0.2) is 0 Å². The summed E-state index contributed by atoms with van der Waals surface area (Å²) in [6.07, 6.45) is 2.96. The highest BCUT2D eigenvalue weighted by Gasteiger charge is 2.21. The lowest BCUT2D eigenvalue weighted by Crippen LogP contribution is -2.37. The molecule has 1 heterocycles. The molecule has 146 valence electrons. The third kappa shape index (κ3) is 5.32. The number of ether oxygens (including phenoxy) is 1. The summed E-state index contributed by atoms with van der Waals surface area (Å²) in [4.78, 5) is 28.9. The van der Waals surface area contributed by atoms with Crippen molar-refractivity contribution in [3.63, 3.8) is 0 Å². The summed E-state index contributed by atoms with van der Waals surface area (Å²) in [5.74, 6) is 0.265. The van der Waals surface area contributed by atoms with Crippen LogP contribution >= 0.6 is 11.3 Å². The average molecular weight is 389 g/mol. The largest absolute Gasteiger partial charge is 0.495 e. The molecule has 2 rings (SSSR count). The lowest BCUT2D eigenvalue weighted by molar-refractivity contribution is -0.116. The maximum Gasteiger partial charge on any atom is 0.264 e. The third-order valence-corrected chi connectivity index (χ3v) is 5.57. The number of para-hydroxylation sites is 2. The molecule has 0 radical (unpaired) electrons. The Bertz CT molecular complexity index is 785. The van der Waals surface area contributed by atoms with Gasteiger partial charge in [-0.1, -0.05) is 32.4 Å². The van der Waals surface area contributed by atoms with Gasteiger partial charge in [-0.15, -0.1) is 11.3 Å². The van der Waals surface area contributed by atoms with Crippen LogP contribution in [0, 0.1) is 0 Å². The number of methoxy groups -OCH3 is 1. The smallest absolute Gasteiger partial charge is 0.264 e. The van der Waals surface area contributed by atoms with E-state index in [0.29, 0.717) is 22.9 Å². The fraction of sp³-hybridized carbons (Fsp3) is 0.429. The molecule has 1 aromatic heterocycles. The summed E-state index contributed by atoms with van der Waals surface area (Å²) in [5, 5.41) is 2.83. The number of hydrogen-bond donors (Lipinski definition) is 1. The Morgan fingerprint density at radius 1 is 1.19 bits per heavy atom. The molecule has 27 heavy (non-hydrogen) atoms. The first-order valence-corrected chi connectivity index (χ1v) is 10.2. The number of rotatable bonds is 9. The fourth-order valence-corrected chi connectivity index (χ4v) is 4.23. The monoisotopic (exact) mass is 388 g/mol. The van der Waals surface area contributed by atoms with Gasteiger partial charge in [-0.2, -0.15) is 0 Å². The molecule has 0 fully saturated rings. The first-order chi connectivity index (χ1) is 13.0. The van der Waals surface area contributed by atoms with Crippen LogP contribution in [-0.2, 0) is 17.6 Å². The third-order valence-electron chi connectivity index (χ3n) is 4.35. The molecule has 0 aliphatic heterocycles. The van der Waals surface area contributed by atoms with E-state index in [0.717, 1.165) is 19.3 Å². The van der Waals surface area contributed by atoms with Gasteiger partial charge in [0.1, 0.15) is 12.3 Å². The second-order valence-corrected chi connectivity index (χ2v) is 7.37. The zero-order chi connectivity index (χ0) is 19.8. The molecule has 6 heteroatoms. The summed E-state index contributed by atoms with van der Waals surface area (Å²) in [6.45, 7) is 6.61. The molecule has 0 unspecified atom stereocenters. The summed E-state index contributed by atoms with van der Waals surface area (Å²) >= 11 is 1.55. The van der Waals surface area contributed by atoms with Gasteiger partial charge in [-0.25, -0.2) is 0 Å². The zero-order valence-corrected chi connectivity index (χ0v) is 17.3. The van der Waals surface area contributed by atoms with E-state index < -0.39 is 0 Å². The van der Waals surface area contributed by atoms with Crippen molar-refractivity contribution in [3.8, 4) is 5.75 Å². The molecular weight excluding hydrogens is 360 g/mol. The average Bonchev–Trinajstić information content (AvgIpc) is 3.09. The second-order valence-electron chi connectivity index (χ2n) is 6.23. The van der Waals surface area contributed by atoms with Gasteiger partial charge in [0.2, 0.25) is 5.91 Å². The van der Waals surface area contributed by atoms with Crippen molar-refractivity contribution in [2.75, 3.05) is 25.5 Å². The molecule has 0 spiro atoms. The van der Waals surface area contributed by atoms with E-state index in [9.17, 15) is 9.59 Å². The van der Waals surface area contributed by atoms with Crippen LogP contribution in [0.2, 0.25) is 0 Å². The van der Waals surface area contributed by atoms with Crippen molar-refractivity contribution in [1.29, 1.82) is 0 Å². The molecule has 0 atom stereocenters. The lowest BCUT2D eigenvalue weighted by Gasteiger charge is -2.20. The highest BCUT2D eigenvalue weighted by Crippen LogP contribution is 2.26. The fourth-order valence-electron chi connectivity index (χ4n) is 2.90. The number of aryl methyl sites for hydroxylation is 2. The van der Waals surface area contributed by atoms with Gasteiger partial charge >= 0.3 is 0 Å². The van der Waals surface area contributed by atoms with Gasteiger partial charge in [0.25, 0.3) is 5.91 Å². The molecule has 1 aromatic carbocycles. The van der Waals surface area contributed by atoms with Gasteiger partial charge in [0.05, 0.1) is 17.7 Å². The van der Waals surface area contributed by atoms with Gasteiger partial charge < -0.3 is 15.0 Å². The predicted octanol–water partition coefficient (Wildman–Crippen LogP) is 4.37. The van der Waals surface area contributed by atoms with Crippen molar-refractivity contribution < 1.29 is 14.3 Å². The van der Waals surface area contributed by atoms with Crippen LogP contribution in [0.15, 0.2) is 30.3 Å². The first-order valence-electron chi connectivity index (χ1n) is 9.37. The lowest BCUT2D eigenvalue weighted by atomic mass is 10.1. The number of carbonyl (C=O) groups excluding carboxylic acids is 2. The number of nitrogens with one attached hydrogen (secondary N) is 1. The Morgan fingerprint density at radius 3 is 2.56 bits per heavy atom. The van der Waals surface area contributed by atoms with Gasteiger partial charge in [-0.3, -0.25) is 9.59 Å². The summed E-state index contributed by atoms with van der Waals surface area (Å²) in [6, 6.07) is 9.21. The number of thiophene rings is 1. The highest BCUT2D eigenvalue weighted by atomic mass is 32.1. The highest BCUT2D eigenvalue weighted by molar-refractivity contribution is 7.14. The standard InChI is InChI=1S/C21H28N2O3S/c1-5-10-18-15(6-2)13-19(27-18)21(25)23(7-3)14-20(24)22-16-11-8-9-12-17(16)26-4/h8-9,11-13H,5-7,10,14H2,1-4H3,(H,22,24). The molecule has 0 aliphatic rings. The first kappa shape index (κ1) is 21.0. The number of benzene rings is 1. The van der Waals surface area contributed by atoms with E-state index in [1.54, 1.807) is 35.5 Å². The van der Waals surface area contributed by atoms with Crippen molar-refractivity contribution in [2.45, 2.75) is 40.0 Å². The number of likely N-dealkylation sites (N-methyl/N-ethyl adjacent to an activating group) is 1. The molecule has 0 bridgehead atoms. The minimum absolute atomic E-state index is 0.00977. The van der Waals surface area contributed by atoms with Crippen LogP contribution in [0.25, 0.3) is 0 Å². The van der Waals surface area contributed by atoms with Crippen molar-refractivity contribution in [1.82, 2.24) is 4.90 Å². The normalized spacial score (nSPS) is 10.5. The topological polar surface area (TPSA) is 58.6 Å². The van der Waals surface area contributed by atoms with Crippen molar-refractivity contribution in [3.05, 3.63) is 45.6 Å². The molecule has 0 saturated carbocycles. The van der Waals surface area contributed by atoms with Crippen LogP contribution in [0.3, 0.4) is 0 Å². The number of hydrogen-bond acceptors (Lipinski definition) is 4.